The SMILES string of the molecule is CCCCN1/C(=C/C=C2\CCCC(/C=C/C3=[N+](CCCC)c4ccc(S(=O)(=O)O)cc4C3(C)C)=C2c2ccc(C(=O)NCCCOCCOCCOCCCNC(=O)c3ccc(/C=C/C[C@H]4/C=C(/C)C[C@@H](C)C[C@@H](OC)[C@@H]5O[C@@](O)(C(=O)C(=O)N6CCCC[C@H]6C(=O)O[C@H](/C(C)=C/C6CC[C@@H](O)[C@H](OC)C6)[C@H](C)[C@@H](O)CC4=O)[C@H](C)C[C@@H]5OC)cc3)cc2)C(C)(C)c2cc(S(=O)(=O)O)ccc21. The molecule has 1 saturated carbocycles. The van der Waals surface area contributed by atoms with Gasteiger partial charge in [-0.3, -0.25) is 33.1 Å². The number of Topliss-reactive ketones (excluding diaryl/α,β-unsaturated/α-hetero) is 2. The summed E-state index contributed by atoms with van der Waals surface area (Å²) in [6, 6.07) is 23.1. The number of cyclic esters (lactones) is 1. The van der Waals surface area contributed by atoms with Crippen molar-refractivity contribution in [1.82, 2.24) is 15.5 Å². The maximum Gasteiger partial charge on any atom is 0.329 e. The number of aliphatic hydroxyl groups is 3. The zero-order chi connectivity index (χ0) is 98.6. The third-order valence-electron chi connectivity index (χ3n) is 28.2. The normalized spacial score (nSPS) is 27.3. The van der Waals surface area contributed by atoms with E-state index in [2.05, 4.69) is 86.0 Å². The fraction of sp³-hybridized carbons (Fsp3) is 0.575. The first kappa shape index (κ1) is 108. The fourth-order valence-corrected chi connectivity index (χ4v) is 21.4. The van der Waals surface area contributed by atoms with Crippen molar-refractivity contribution in [1.29, 1.82) is 0 Å². The molecule has 0 radical (unpaired) electrons. The summed E-state index contributed by atoms with van der Waals surface area (Å²) in [5.74, 6) is -9.06. The highest BCUT2D eigenvalue weighted by Crippen LogP contribution is 2.51. The zero-order valence-corrected chi connectivity index (χ0v) is 83.5. The number of esters is 1. The van der Waals surface area contributed by atoms with E-state index in [0.29, 0.717) is 140 Å². The highest BCUT2D eigenvalue weighted by atomic mass is 32.2. The molecule has 2 bridgehead atoms. The second-order valence-electron chi connectivity index (χ2n) is 38.9. The number of anilines is 1. The molecule has 7 N–H and O–H groups in total. The molecule has 0 spiro atoms. The summed E-state index contributed by atoms with van der Waals surface area (Å²) in [6.45, 7) is 26.0. The Hall–Kier alpha value is -8.83. The molecule has 7 aliphatic rings. The molecule has 5 aliphatic heterocycles. The first-order valence-electron chi connectivity index (χ1n) is 48.7. The summed E-state index contributed by atoms with van der Waals surface area (Å²) >= 11 is 0. The van der Waals surface area contributed by atoms with Crippen LogP contribution in [0.3, 0.4) is 0 Å². The Morgan fingerprint density at radius 2 is 1.26 bits per heavy atom. The van der Waals surface area contributed by atoms with Crippen LogP contribution >= 0.6 is 0 Å². The van der Waals surface area contributed by atoms with Gasteiger partial charge < -0.3 is 73.6 Å². The van der Waals surface area contributed by atoms with Crippen LogP contribution in [0.1, 0.15) is 248 Å². The number of allylic oxidation sites excluding steroid dienone is 12. The van der Waals surface area contributed by atoms with Gasteiger partial charge in [0.1, 0.15) is 30.6 Å². The van der Waals surface area contributed by atoms with Gasteiger partial charge in [-0.1, -0.05) is 128 Å². The number of hydrogen-bond donors (Lipinski definition) is 7. The minimum absolute atomic E-state index is 0.0340. The van der Waals surface area contributed by atoms with E-state index in [1.54, 1.807) is 64.3 Å². The van der Waals surface area contributed by atoms with E-state index >= 15 is 0 Å². The average molecular weight is 1920 g/mol. The van der Waals surface area contributed by atoms with Crippen molar-refractivity contribution in [2.45, 2.75) is 280 Å². The number of benzene rings is 4. The van der Waals surface area contributed by atoms with Gasteiger partial charge in [0, 0.05) is 137 Å². The number of nitrogens with zero attached hydrogens (tertiary/aromatic N) is 3. The van der Waals surface area contributed by atoms with Crippen LogP contribution in [0.25, 0.3) is 11.6 Å². The number of carbonyl (C=O) groups excluding carboxylic acids is 6. The summed E-state index contributed by atoms with van der Waals surface area (Å²) in [5, 5.41) is 41.3. The molecule has 3 fully saturated rings. The van der Waals surface area contributed by atoms with Gasteiger partial charge >= 0.3 is 5.97 Å². The van der Waals surface area contributed by atoms with Crippen molar-refractivity contribution in [2.75, 3.05) is 98.6 Å². The number of methoxy groups -OCH3 is 3. The van der Waals surface area contributed by atoms with E-state index in [0.717, 1.165) is 112 Å². The quantitative estimate of drug-likeness (QED) is 0.00555. The number of piperidine rings is 1. The maximum absolute atomic E-state index is 14.9. The van der Waals surface area contributed by atoms with E-state index < -0.39 is 121 Å². The van der Waals surface area contributed by atoms with Crippen molar-refractivity contribution < 1.29 is 112 Å². The number of rotatable bonds is 36. The Morgan fingerprint density at radius 3 is 1.89 bits per heavy atom. The molecule has 14 atom stereocenters. The number of unbranched alkanes of at least 4 members (excludes halogenated alkanes) is 2. The van der Waals surface area contributed by atoms with Crippen LogP contribution in [-0.4, -0.2) is 240 Å². The van der Waals surface area contributed by atoms with E-state index in [4.69, 9.17) is 37.9 Å². The van der Waals surface area contributed by atoms with Gasteiger partial charge in [0.15, 0.2) is 5.71 Å². The number of ketones is 2. The first-order valence-corrected chi connectivity index (χ1v) is 51.6. The summed E-state index contributed by atoms with van der Waals surface area (Å²) in [6.07, 6.45) is 21.4. The van der Waals surface area contributed by atoms with Crippen molar-refractivity contribution in [3.8, 4) is 0 Å². The summed E-state index contributed by atoms with van der Waals surface area (Å²) in [7, 11) is -4.36. The lowest BCUT2D eigenvalue weighted by Crippen LogP contribution is -2.64. The van der Waals surface area contributed by atoms with E-state index in [9.17, 15) is 70.0 Å². The Bertz CT molecular complexity index is 5360. The van der Waals surface area contributed by atoms with Crippen LogP contribution in [0.4, 0.5) is 11.4 Å². The van der Waals surface area contributed by atoms with Crippen molar-refractivity contribution in [3.05, 3.63) is 189 Å². The molecule has 1 unspecified atom stereocenters. The van der Waals surface area contributed by atoms with Crippen LogP contribution in [0.2, 0.25) is 0 Å². The number of ether oxygens (including phenoxy) is 8. The molecule has 4 aromatic carbocycles. The third kappa shape index (κ3) is 26.8. The summed E-state index contributed by atoms with van der Waals surface area (Å²) in [5.41, 5.74) is 11.4. The fourth-order valence-electron chi connectivity index (χ4n) is 20.4. The minimum Gasteiger partial charge on any atom is -0.456 e. The van der Waals surface area contributed by atoms with E-state index in [1.165, 1.54) is 31.3 Å². The summed E-state index contributed by atoms with van der Waals surface area (Å²) in [4.78, 5) is 89.0. The largest absolute Gasteiger partial charge is 0.456 e. The lowest BCUT2D eigenvalue weighted by Gasteiger charge is -2.47. The van der Waals surface area contributed by atoms with Crippen LogP contribution in [0, 0.1) is 29.6 Å². The highest BCUT2D eigenvalue weighted by Gasteiger charge is 2.57. The van der Waals surface area contributed by atoms with Gasteiger partial charge in [-0.05, 0) is 242 Å². The molecule has 30 heteroatoms. The zero-order valence-electron chi connectivity index (χ0n) is 81.9. The van der Waals surface area contributed by atoms with Gasteiger partial charge in [-0.2, -0.15) is 21.4 Å². The molecular formula is C106H146N5O23S2+. The van der Waals surface area contributed by atoms with E-state index in [-0.39, 0.29) is 71.5 Å². The Kier molecular flexibility index (Phi) is 38.6. The maximum atomic E-state index is 14.9. The minimum atomic E-state index is -4.46. The molecule has 28 nitrogen and oxygen atoms in total. The predicted molar refractivity (Wildman–Crippen MR) is 522 cm³/mol. The van der Waals surface area contributed by atoms with Crippen LogP contribution in [0.5, 0.6) is 0 Å². The van der Waals surface area contributed by atoms with Gasteiger partial charge in [0.05, 0.1) is 72.2 Å². The molecule has 744 valence electrons. The molecule has 136 heavy (non-hydrogen) atoms. The standard InChI is InChI=1S/C106H145N5O23S2/c1-15-17-50-109-85-43-41-81(135(121,122)123)65-83(85)104(8,9)94(109)46-39-75-26-22-27-76(40-47-95-105(10,11)84-66-82(136(124,125)126)42-44-86(84)110(95)51-18-16-2)96(75)77-35-37-79(38-36-77)101(117)108-49-24-54-131-56-58-132-57-55-130-53-23-48-107-100(116)78-33-30-73(31-34-78)25-21-28-80-60-68(3)59-69(4)61-92(128-13)98-93(129-14)63-71(6)106(120,134-98)99(115)102(118)111-52-20-19-29-87(111)103(119)133-97(72(7)89(113)67-90(80)114)70(5)62-74-32-45-88(112)91(64-74)127-12/h21,25,30-31,33-44,46-47,60,62,65-66,69,71-72,74,80,87-89,91-93,97-98,112-113,120H,15-20,22-24,26-29,32,45,48-59,61,63-64,67H2,1-14H3,(H3-,107,108,116,117,121,122,123,124,125,126)/p+1/b25-21+,68-60-,70-62+/t69-,71-,72-,74?,80+,87+,88-,89+,91-,92-,93+,97-,98+,106-/m1/s1. The number of amides is 3. The third-order valence-corrected chi connectivity index (χ3v) is 29.9. The van der Waals surface area contributed by atoms with Gasteiger partial charge in [-0.15, -0.1) is 0 Å². The number of nitrogens with one attached hydrogen (secondary N) is 2. The molecule has 3 amide bonds. The number of carbonyl (C=O) groups is 6. The summed E-state index contributed by atoms with van der Waals surface area (Å²) < 4.78 is 120. The Balaban J connectivity index is 0.652. The molecular weight excluding hydrogens is 1780 g/mol. The van der Waals surface area contributed by atoms with Crippen LogP contribution < -0.4 is 15.5 Å². The lowest BCUT2D eigenvalue weighted by molar-refractivity contribution is -0.438. The van der Waals surface area contributed by atoms with E-state index in [1.807, 2.05) is 74.5 Å². The second-order valence-corrected chi connectivity index (χ2v) is 41.8. The lowest BCUT2D eigenvalue weighted by atomic mass is 9.79. The van der Waals surface area contributed by atoms with Crippen molar-refractivity contribution >= 4 is 84.2 Å². The number of aliphatic hydroxyl groups excluding tert-OH is 2. The molecule has 4 aromatic rings. The van der Waals surface area contributed by atoms with Gasteiger partial charge in [-0.25, -0.2) is 4.79 Å². The molecule has 0 aromatic heterocycles. The average Bonchev–Trinajstić information content (AvgIpc) is 1.57. The number of hydrogen-bond acceptors (Lipinski definition) is 22. The monoisotopic (exact) mass is 1920 g/mol. The highest BCUT2D eigenvalue weighted by molar-refractivity contribution is 7.86. The Labute approximate surface area is 804 Å². The molecule has 11 rings (SSSR count). The molecule has 2 saturated heterocycles. The molecule has 2 aliphatic carbocycles. The van der Waals surface area contributed by atoms with Crippen LogP contribution in [-0.2, 0) is 88.1 Å². The van der Waals surface area contributed by atoms with Crippen LogP contribution in [0.15, 0.2) is 165 Å². The predicted octanol–water partition coefficient (Wildman–Crippen LogP) is 15.4. The van der Waals surface area contributed by atoms with Crippen molar-refractivity contribution in [3.63, 3.8) is 0 Å². The van der Waals surface area contributed by atoms with Gasteiger partial charge in [0.25, 0.3) is 43.7 Å². The Morgan fingerprint density at radius 1 is 0.654 bits per heavy atom. The van der Waals surface area contributed by atoms with Gasteiger partial charge in [0.2, 0.25) is 11.5 Å². The molecule has 5 heterocycles. The van der Waals surface area contributed by atoms with Crippen molar-refractivity contribution in [2.24, 2.45) is 29.6 Å². The topological polar surface area (TPSA) is 379 Å². The first-order chi connectivity index (χ1) is 64.8. The smallest absolute Gasteiger partial charge is 0.329 e. The second kappa shape index (κ2) is 48.8. The number of fused-ring (bicyclic) bond motifs is 5.